The molecule has 184 valence electrons. The molecule has 5 rings (SSSR count). The van der Waals surface area contributed by atoms with Crippen LogP contribution in [-0.4, -0.2) is 34.1 Å². The molecule has 0 unspecified atom stereocenters. The van der Waals surface area contributed by atoms with E-state index in [1.54, 1.807) is 18.3 Å². The van der Waals surface area contributed by atoms with Crippen LogP contribution in [0, 0.1) is 17.1 Å². The predicted octanol–water partition coefficient (Wildman–Crippen LogP) is 5.41. The van der Waals surface area contributed by atoms with Crippen molar-refractivity contribution in [2.24, 2.45) is 0 Å². The normalized spacial score (nSPS) is 11.3. The molecule has 0 aliphatic rings. The number of nitriles is 1. The van der Waals surface area contributed by atoms with Gasteiger partial charge in [0, 0.05) is 11.6 Å². The minimum atomic E-state index is -3.49. The van der Waals surface area contributed by atoms with E-state index in [1.165, 1.54) is 43.5 Å². The molecule has 0 aliphatic carbocycles. The summed E-state index contributed by atoms with van der Waals surface area (Å²) in [5.74, 6) is -0.957. The lowest BCUT2D eigenvalue weighted by molar-refractivity contribution is 0.388. The number of halogens is 1. The van der Waals surface area contributed by atoms with Crippen LogP contribution >= 0.6 is 0 Å². The third kappa shape index (κ3) is 4.82. The van der Waals surface area contributed by atoms with E-state index in [2.05, 4.69) is 19.9 Å². The van der Waals surface area contributed by atoms with Gasteiger partial charge in [-0.25, -0.2) is 17.8 Å². The standard InChI is InChI=1S/C26H18FN5O4S/c1-2-37(33,34)23-10-9-18(15-30-23)35-22-13-17-12-21(20-8-3-4-11-29-20)31-25(17)32-26(22)36-24-16(14-28)6-5-7-19(24)27/h3-13,15H,2H2,1H3,(H,31,32). The van der Waals surface area contributed by atoms with Crippen LogP contribution in [0.5, 0.6) is 23.1 Å². The number of hydrogen-bond acceptors (Lipinski definition) is 8. The van der Waals surface area contributed by atoms with Crippen molar-refractivity contribution in [2.75, 3.05) is 5.75 Å². The third-order valence-electron chi connectivity index (χ3n) is 5.40. The second-order valence-corrected chi connectivity index (χ2v) is 10.0. The van der Waals surface area contributed by atoms with Crippen molar-refractivity contribution in [1.82, 2.24) is 19.9 Å². The first-order valence-electron chi connectivity index (χ1n) is 11.1. The van der Waals surface area contributed by atoms with E-state index in [0.717, 1.165) is 0 Å². The van der Waals surface area contributed by atoms with Crippen molar-refractivity contribution in [2.45, 2.75) is 11.9 Å². The number of benzene rings is 1. The number of fused-ring (bicyclic) bond motifs is 1. The van der Waals surface area contributed by atoms with Gasteiger partial charge in [0.2, 0.25) is 0 Å². The molecule has 0 radical (unpaired) electrons. The maximum atomic E-state index is 14.6. The molecule has 1 N–H and O–H groups in total. The minimum absolute atomic E-state index is 0.0238. The van der Waals surface area contributed by atoms with E-state index < -0.39 is 15.7 Å². The zero-order valence-electron chi connectivity index (χ0n) is 19.3. The Balaban J connectivity index is 1.59. The van der Waals surface area contributed by atoms with Gasteiger partial charge in [0.15, 0.2) is 32.2 Å². The summed E-state index contributed by atoms with van der Waals surface area (Å²) in [5.41, 5.74) is 1.76. The first-order chi connectivity index (χ1) is 17.9. The maximum absolute atomic E-state index is 14.6. The fourth-order valence-corrected chi connectivity index (χ4v) is 4.30. The van der Waals surface area contributed by atoms with Gasteiger partial charge in [0.25, 0.3) is 5.88 Å². The molecule has 4 heterocycles. The van der Waals surface area contributed by atoms with Gasteiger partial charge >= 0.3 is 0 Å². The average Bonchev–Trinajstić information content (AvgIpc) is 3.33. The number of hydrogen-bond donors (Lipinski definition) is 1. The number of ether oxygens (including phenoxy) is 2. The van der Waals surface area contributed by atoms with Gasteiger partial charge in [0.05, 0.1) is 28.9 Å². The smallest absolute Gasteiger partial charge is 0.265 e. The fourth-order valence-electron chi connectivity index (χ4n) is 3.51. The topological polar surface area (TPSA) is 131 Å². The van der Waals surface area contributed by atoms with Crippen LogP contribution in [0.25, 0.3) is 22.4 Å². The molecule has 11 heteroatoms. The van der Waals surface area contributed by atoms with Gasteiger partial charge in [-0.3, -0.25) is 4.98 Å². The third-order valence-corrected chi connectivity index (χ3v) is 7.04. The highest BCUT2D eigenvalue weighted by atomic mass is 32.2. The summed E-state index contributed by atoms with van der Waals surface area (Å²) in [7, 11) is -3.49. The van der Waals surface area contributed by atoms with Crippen LogP contribution in [0.1, 0.15) is 12.5 Å². The predicted molar refractivity (Wildman–Crippen MR) is 133 cm³/mol. The van der Waals surface area contributed by atoms with Gasteiger partial charge in [-0.15, -0.1) is 0 Å². The SMILES string of the molecule is CCS(=O)(=O)c1ccc(Oc2cc3cc(-c4ccccn4)[nH]c3nc2Oc2c(F)cccc2C#N)cn1. The summed E-state index contributed by atoms with van der Waals surface area (Å²) in [4.78, 5) is 15.9. The Bertz CT molecular complexity index is 1750. The molecular weight excluding hydrogens is 497 g/mol. The number of nitrogens with one attached hydrogen (secondary N) is 1. The van der Waals surface area contributed by atoms with Crippen LogP contribution in [0.2, 0.25) is 0 Å². The number of rotatable bonds is 7. The minimum Gasteiger partial charge on any atom is -0.450 e. The van der Waals surface area contributed by atoms with E-state index in [9.17, 15) is 18.1 Å². The average molecular weight is 516 g/mol. The van der Waals surface area contributed by atoms with E-state index >= 15 is 0 Å². The zero-order valence-corrected chi connectivity index (χ0v) is 20.2. The summed E-state index contributed by atoms with van der Waals surface area (Å²) in [6, 6.07) is 17.6. The van der Waals surface area contributed by atoms with Gasteiger partial charge in [-0.1, -0.05) is 19.1 Å². The highest BCUT2D eigenvalue weighted by Crippen LogP contribution is 2.38. The Morgan fingerprint density at radius 2 is 1.92 bits per heavy atom. The molecule has 0 bridgehead atoms. The molecule has 0 saturated carbocycles. The molecule has 9 nitrogen and oxygen atoms in total. The second kappa shape index (κ2) is 9.67. The Kier molecular flexibility index (Phi) is 6.25. The van der Waals surface area contributed by atoms with Crippen molar-refractivity contribution in [1.29, 1.82) is 5.26 Å². The van der Waals surface area contributed by atoms with Crippen molar-refractivity contribution in [3.63, 3.8) is 0 Å². The first-order valence-corrected chi connectivity index (χ1v) is 12.7. The van der Waals surface area contributed by atoms with Crippen LogP contribution < -0.4 is 9.47 Å². The van der Waals surface area contributed by atoms with Crippen molar-refractivity contribution in [3.8, 4) is 40.6 Å². The van der Waals surface area contributed by atoms with Gasteiger partial charge in [-0.05, 0) is 48.5 Å². The molecule has 0 spiro atoms. The summed E-state index contributed by atoms with van der Waals surface area (Å²) < 4.78 is 50.5. The Labute approximate surface area is 211 Å². The molecular formula is C26H18FN5O4S. The molecule has 0 aliphatic heterocycles. The number of nitrogens with zero attached hydrogens (tertiary/aromatic N) is 4. The number of para-hydroxylation sites is 1. The molecule has 4 aromatic heterocycles. The zero-order chi connectivity index (χ0) is 26.0. The molecule has 0 saturated heterocycles. The van der Waals surface area contributed by atoms with E-state index in [0.29, 0.717) is 22.4 Å². The Hall–Kier alpha value is -4.82. The Morgan fingerprint density at radius 3 is 2.62 bits per heavy atom. The molecule has 0 fully saturated rings. The van der Waals surface area contributed by atoms with Crippen LogP contribution in [-0.2, 0) is 9.84 Å². The fraction of sp³-hybridized carbons (Fsp3) is 0.0769. The quantitative estimate of drug-likeness (QED) is 0.304. The van der Waals surface area contributed by atoms with Crippen molar-refractivity contribution in [3.05, 3.63) is 84.4 Å². The highest BCUT2D eigenvalue weighted by molar-refractivity contribution is 7.91. The number of sulfone groups is 1. The number of aromatic amines is 1. The maximum Gasteiger partial charge on any atom is 0.265 e. The first kappa shape index (κ1) is 23.9. The lowest BCUT2D eigenvalue weighted by Crippen LogP contribution is -2.05. The number of aromatic nitrogens is 4. The summed E-state index contributed by atoms with van der Waals surface area (Å²) in [6.07, 6.45) is 2.92. The number of H-pyrrole nitrogens is 1. The summed E-state index contributed by atoms with van der Waals surface area (Å²) >= 11 is 0. The monoisotopic (exact) mass is 515 g/mol. The largest absolute Gasteiger partial charge is 0.450 e. The number of pyridine rings is 3. The lowest BCUT2D eigenvalue weighted by Gasteiger charge is -2.13. The molecule has 0 amide bonds. The van der Waals surface area contributed by atoms with Crippen LogP contribution in [0.4, 0.5) is 4.39 Å². The van der Waals surface area contributed by atoms with Gasteiger partial charge in [0.1, 0.15) is 17.5 Å². The summed E-state index contributed by atoms with van der Waals surface area (Å²) in [6.45, 7) is 1.53. The van der Waals surface area contributed by atoms with Crippen LogP contribution in [0.15, 0.2) is 78.1 Å². The highest BCUT2D eigenvalue weighted by Gasteiger charge is 2.19. The summed E-state index contributed by atoms with van der Waals surface area (Å²) in [5, 5.41) is 9.99. The molecule has 1 aromatic carbocycles. The lowest BCUT2D eigenvalue weighted by atomic mass is 10.2. The molecule has 5 aromatic rings. The second-order valence-electron chi connectivity index (χ2n) is 7.80. The molecule has 0 atom stereocenters. The van der Waals surface area contributed by atoms with E-state index in [-0.39, 0.29) is 39.5 Å². The van der Waals surface area contributed by atoms with Crippen LogP contribution in [0.3, 0.4) is 0 Å². The van der Waals surface area contributed by atoms with E-state index in [4.69, 9.17) is 9.47 Å². The van der Waals surface area contributed by atoms with Crippen molar-refractivity contribution >= 4 is 20.9 Å². The van der Waals surface area contributed by atoms with Crippen molar-refractivity contribution < 1.29 is 22.3 Å². The van der Waals surface area contributed by atoms with Gasteiger partial charge in [-0.2, -0.15) is 10.2 Å². The molecule has 37 heavy (non-hydrogen) atoms. The Morgan fingerprint density at radius 1 is 1.05 bits per heavy atom. The van der Waals surface area contributed by atoms with E-state index in [1.807, 2.05) is 24.3 Å². The van der Waals surface area contributed by atoms with Gasteiger partial charge < -0.3 is 14.5 Å².